The van der Waals surface area contributed by atoms with Crippen LogP contribution in [0.5, 0.6) is 0 Å². The fraction of sp³-hybridized carbons (Fsp3) is 0.500. The topological polar surface area (TPSA) is 67.2 Å². The van der Waals surface area contributed by atoms with Crippen molar-refractivity contribution in [3.63, 3.8) is 0 Å². The van der Waals surface area contributed by atoms with E-state index in [9.17, 15) is 9.59 Å². The summed E-state index contributed by atoms with van der Waals surface area (Å²) in [7, 11) is 0. The molecule has 10 heavy (non-hydrogen) atoms. The third kappa shape index (κ3) is 0.760. The fourth-order valence-electron chi connectivity index (χ4n) is 0.799. The predicted octanol–water partition coefficient (Wildman–Crippen LogP) is -0.359. The molecule has 0 aromatic carbocycles. The Kier molecular flexibility index (Phi) is 1.42. The van der Waals surface area contributed by atoms with Crippen molar-refractivity contribution in [1.29, 1.82) is 5.26 Å². The van der Waals surface area contributed by atoms with Gasteiger partial charge < -0.3 is 4.74 Å². The number of hydrogen-bond donors (Lipinski definition) is 0. The summed E-state index contributed by atoms with van der Waals surface area (Å²) in [5, 5.41) is 8.32. The normalized spacial score (nSPS) is 31.6. The van der Waals surface area contributed by atoms with Gasteiger partial charge in [0.2, 0.25) is 0 Å². The van der Waals surface area contributed by atoms with E-state index in [1.807, 2.05) is 0 Å². The number of nitrogens with zero attached hydrogens (tertiary/aromatic N) is 1. The predicted molar refractivity (Wildman–Crippen MR) is 29.7 cm³/mol. The maximum Gasteiger partial charge on any atom is 0.376 e. The van der Waals surface area contributed by atoms with Gasteiger partial charge in [-0.3, -0.25) is 4.79 Å². The first-order valence-corrected chi connectivity index (χ1v) is 2.81. The van der Waals surface area contributed by atoms with Crippen LogP contribution in [0.1, 0.15) is 6.92 Å². The van der Waals surface area contributed by atoms with Crippen LogP contribution in [-0.2, 0) is 14.3 Å². The molecule has 0 saturated carbocycles. The second-order valence-corrected chi connectivity index (χ2v) is 2.08. The lowest BCUT2D eigenvalue weighted by molar-refractivity contribution is -0.148. The zero-order valence-electron chi connectivity index (χ0n) is 5.33. The van der Waals surface area contributed by atoms with Crippen molar-refractivity contribution >= 4 is 11.8 Å². The number of carbonyl (C=O) groups excluding carboxylic acids is 2. The molecule has 0 amide bonds. The van der Waals surface area contributed by atoms with Crippen molar-refractivity contribution in [2.24, 2.45) is 5.92 Å². The number of ketones is 1. The van der Waals surface area contributed by atoms with Gasteiger partial charge in [-0.05, 0) is 6.92 Å². The average Bonchev–Trinajstić information content (AvgIpc) is 2.09. The first-order valence-electron chi connectivity index (χ1n) is 2.81. The fourth-order valence-corrected chi connectivity index (χ4v) is 0.799. The third-order valence-electron chi connectivity index (χ3n) is 1.39. The summed E-state index contributed by atoms with van der Waals surface area (Å²) in [5.41, 5.74) is 0. The molecule has 1 saturated heterocycles. The summed E-state index contributed by atoms with van der Waals surface area (Å²) in [6.45, 7) is 1.52. The molecule has 0 N–H and O–H groups in total. The lowest BCUT2D eigenvalue weighted by Gasteiger charge is -1.99. The molecule has 1 aliphatic rings. The maximum absolute atomic E-state index is 10.6. The summed E-state index contributed by atoms with van der Waals surface area (Å²) < 4.78 is 4.47. The van der Waals surface area contributed by atoms with Crippen LogP contribution >= 0.6 is 0 Å². The van der Waals surface area contributed by atoms with E-state index < -0.39 is 23.8 Å². The van der Waals surface area contributed by atoms with E-state index in [0.717, 1.165) is 0 Å². The molecule has 0 aromatic rings. The van der Waals surface area contributed by atoms with E-state index in [4.69, 9.17) is 5.26 Å². The van der Waals surface area contributed by atoms with E-state index in [0.29, 0.717) is 0 Å². The molecule has 0 bridgehead atoms. The Labute approximate surface area is 57.4 Å². The van der Waals surface area contributed by atoms with E-state index >= 15 is 0 Å². The van der Waals surface area contributed by atoms with Gasteiger partial charge in [-0.25, -0.2) is 4.79 Å². The number of esters is 1. The van der Waals surface area contributed by atoms with Crippen LogP contribution in [0.3, 0.4) is 0 Å². The molecule has 1 fully saturated rings. The molecule has 4 heteroatoms. The Hall–Kier alpha value is -1.37. The number of nitriles is 1. The summed E-state index contributed by atoms with van der Waals surface area (Å²) in [5.74, 6) is -2.51. The highest BCUT2D eigenvalue weighted by Crippen LogP contribution is 2.16. The minimum Gasteiger partial charge on any atom is -0.455 e. The van der Waals surface area contributed by atoms with Crippen LogP contribution in [0.25, 0.3) is 0 Å². The van der Waals surface area contributed by atoms with E-state index in [1.54, 1.807) is 6.07 Å². The summed E-state index contributed by atoms with van der Waals surface area (Å²) in [6.07, 6.45) is -0.579. The molecule has 2 atom stereocenters. The Bertz CT molecular complexity index is 228. The number of hydrogen-bond acceptors (Lipinski definition) is 4. The van der Waals surface area contributed by atoms with Gasteiger partial charge in [-0.2, -0.15) is 5.26 Å². The molecule has 1 heterocycles. The molecular formula is C6H5NO3. The second kappa shape index (κ2) is 2.10. The van der Waals surface area contributed by atoms with Crippen LogP contribution in [0.2, 0.25) is 0 Å². The van der Waals surface area contributed by atoms with Crippen molar-refractivity contribution < 1.29 is 14.3 Å². The number of rotatable bonds is 0. The van der Waals surface area contributed by atoms with Gasteiger partial charge in [0.1, 0.15) is 6.10 Å². The zero-order valence-corrected chi connectivity index (χ0v) is 5.33. The highest BCUT2D eigenvalue weighted by atomic mass is 16.6. The number of cyclic esters (lactones) is 1. The SMILES string of the molecule is CC1OC(=O)C(=O)C1C#N. The van der Waals surface area contributed by atoms with Gasteiger partial charge in [0.15, 0.2) is 5.92 Å². The van der Waals surface area contributed by atoms with Gasteiger partial charge in [0.05, 0.1) is 6.07 Å². The first-order chi connectivity index (χ1) is 4.66. The van der Waals surface area contributed by atoms with Crippen LogP contribution in [0.4, 0.5) is 0 Å². The molecule has 0 aromatic heterocycles. The summed E-state index contributed by atoms with van der Waals surface area (Å²) >= 11 is 0. The molecule has 4 nitrogen and oxygen atoms in total. The monoisotopic (exact) mass is 139 g/mol. The van der Waals surface area contributed by atoms with Crippen LogP contribution in [0.15, 0.2) is 0 Å². The third-order valence-corrected chi connectivity index (χ3v) is 1.39. The number of ether oxygens (including phenoxy) is 1. The van der Waals surface area contributed by atoms with Crippen molar-refractivity contribution in [1.82, 2.24) is 0 Å². The number of carbonyl (C=O) groups is 2. The smallest absolute Gasteiger partial charge is 0.376 e. The first kappa shape index (κ1) is 6.75. The molecule has 0 spiro atoms. The molecule has 1 rings (SSSR count). The van der Waals surface area contributed by atoms with E-state index in [1.165, 1.54) is 6.92 Å². The van der Waals surface area contributed by atoms with Crippen LogP contribution < -0.4 is 0 Å². The van der Waals surface area contributed by atoms with Crippen molar-refractivity contribution in [3.8, 4) is 6.07 Å². The number of Topliss-reactive ketones (excluding diaryl/α,β-unsaturated/α-hetero) is 1. The van der Waals surface area contributed by atoms with E-state index in [2.05, 4.69) is 4.74 Å². The highest BCUT2D eigenvalue weighted by molar-refractivity contribution is 6.36. The van der Waals surface area contributed by atoms with Crippen LogP contribution in [-0.4, -0.2) is 17.9 Å². The van der Waals surface area contributed by atoms with Gasteiger partial charge in [-0.1, -0.05) is 0 Å². The molecule has 0 radical (unpaired) electrons. The van der Waals surface area contributed by atoms with Crippen molar-refractivity contribution in [3.05, 3.63) is 0 Å². The molecular weight excluding hydrogens is 134 g/mol. The van der Waals surface area contributed by atoms with Crippen molar-refractivity contribution in [2.75, 3.05) is 0 Å². The summed E-state index contributed by atoms with van der Waals surface area (Å²) in [4.78, 5) is 21.1. The Morgan fingerprint density at radius 2 is 2.20 bits per heavy atom. The minimum atomic E-state index is -0.896. The zero-order chi connectivity index (χ0) is 7.72. The van der Waals surface area contributed by atoms with Gasteiger partial charge in [0.25, 0.3) is 5.78 Å². The van der Waals surface area contributed by atoms with Gasteiger partial charge in [0, 0.05) is 0 Å². The van der Waals surface area contributed by atoms with Crippen LogP contribution in [0, 0.1) is 17.2 Å². The van der Waals surface area contributed by atoms with Crippen molar-refractivity contribution in [2.45, 2.75) is 13.0 Å². The highest BCUT2D eigenvalue weighted by Gasteiger charge is 2.40. The largest absolute Gasteiger partial charge is 0.455 e. The minimum absolute atomic E-state index is 0.579. The Balaban J connectivity index is 2.87. The Morgan fingerprint density at radius 1 is 1.60 bits per heavy atom. The molecule has 1 aliphatic heterocycles. The van der Waals surface area contributed by atoms with Gasteiger partial charge in [-0.15, -0.1) is 0 Å². The quantitative estimate of drug-likeness (QED) is 0.339. The molecule has 2 unspecified atom stereocenters. The van der Waals surface area contributed by atoms with Gasteiger partial charge >= 0.3 is 5.97 Å². The Morgan fingerprint density at radius 3 is 2.40 bits per heavy atom. The second-order valence-electron chi connectivity index (χ2n) is 2.08. The summed E-state index contributed by atoms with van der Waals surface area (Å²) in [6, 6.07) is 1.70. The molecule has 52 valence electrons. The molecule has 0 aliphatic carbocycles. The van der Waals surface area contributed by atoms with E-state index in [-0.39, 0.29) is 0 Å². The standard InChI is InChI=1S/C6H5NO3/c1-3-4(2-7)5(8)6(9)10-3/h3-4H,1H3. The lowest BCUT2D eigenvalue weighted by Crippen LogP contribution is -2.15. The average molecular weight is 139 g/mol. The lowest BCUT2D eigenvalue weighted by atomic mass is 10.0. The maximum atomic E-state index is 10.6.